The van der Waals surface area contributed by atoms with Crippen molar-refractivity contribution in [2.75, 3.05) is 0 Å². The molecule has 6 aromatic rings. The van der Waals surface area contributed by atoms with Crippen molar-refractivity contribution in [2.24, 2.45) is 0 Å². The van der Waals surface area contributed by atoms with E-state index in [1.165, 1.54) is 55.1 Å². The van der Waals surface area contributed by atoms with Crippen molar-refractivity contribution in [3.8, 4) is 11.4 Å². The molecule has 2 aromatic heterocycles. The molecule has 0 amide bonds. The molecule has 0 aliphatic rings. The minimum absolute atomic E-state index is 0.651. The maximum atomic E-state index is 7.37. The first-order valence-corrected chi connectivity index (χ1v) is 11.6. The molecule has 0 fully saturated rings. The van der Waals surface area contributed by atoms with Gasteiger partial charge >= 0.3 is 0 Å². The molecule has 34 heavy (non-hydrogen) atoms. The molecule has 0 spiro atoms. The van der Waals surface area contributed by atoms with Gasteiger partial charge in [-0.3, -0.25) is 9.13 Å². The maximum absolute atomic E-state index is 7.37. The molecule has 3 heteroatoms. The van der Waals surface area contributed by atoms with E-state index in [9.17, 15) is 0 Å². The minimum atomic E-state index is 0.651. The van der Waals surface area contributed by atoms with Gasteiger partial charge in [-0.1, -0.05) is 41.5 Å². The van der Waals surface area contributed by atoms with E-state index < -0.39 is 0 Å². The maximum Gasteiger partial charge on any atom is 0.187 e. The smallest absolute Gasteiger partial charge is 0.187 e. The van der Waals surface area contributed by atoms with Crippen LogP contribution in [0.1, 0.15) is 22.3 Å². The number of rotatable bonds is 2. The van der Waals surface area contributed by atoms with Gasteiger partial charge in [0.15, 0.2) is 5.69 Å². The summed E-state index contributed by atoms with van der Waals surface area (Å²) in [5.74, 6) is 0. The van der Waals surface area contributed by atoms with Crippen molar-refractivity contribution in [3.63, 3.8) is 0 Å². The predicted octanol–water partition coefficient (Wildman–Crippen LogP) is 8.51. The number of benzene rings is 4. The van der Waals surface area contributed by atoms with Crippen molar-refractivity contribution in [1.82, 2.24) is 9.13 Å². The van der Waals surface area contributed by atoms with E-state index >= 15 is 0 Å². The molecular weight excluding hydrogens is 414 g/mol. The average Bonchev–Trinajstić information content (AvgIpc) is 3.30. The SMILES string of the molecule is [C-]#[N+]c1ccc(-n2c3ccc(C)cc3c3c4cc(C)ccc4n(-c4cc(C)cc(C)c4)c32)cc1. The summed E-state index contributed by atoms with van der Waals surface area (Å²) >= 11 is 0. The number of hydrogen-bond acceptors (Lipinski definition) is 0. The van der Waals surface area contributed by atoms with Crippen molar-refractivity contribution >= 4 is 38.5 Å². The lowest BCUT2D eigenvalue weighted by molar-refractivity contribution is 1.06. The fraction of sp³-hybridized carbons (Fsp3) is 0.129. The molecule has 0 saturated heterocycles. The lowest BCUT2D eigenvalue weighted by Gasteiger charge is -2.14. The van der Waals surface area contributed by atoms with Crippen molar-refractivity contribution in [1.29, 1.82) is 0 Å². The van der Waals surface area contributed by atoms with Crippen LogP contribution in [-0.4, -0.2) is 9.13 Å². The van der Waals surface area contributed by atoms with Crippen LogP contribution in [0.5, 0.6) is 0 Å². The third kappa shape index (κ3) is 2.96. The first-order chi connectivity index (χ1) is 16.4. The van der Waals surface area contributed by atoms with Crippen molar-refractivity contribution in [3.05, 3.63) is 113 Å². The van der Waals surface area contributed by atoms with E-state index in [1.807, 2.05) is 12.1 Å². The van der Waals surface area contributed by atoms with E-state index in [0.29, 0.717) is 5.69 Å². The van der Waals surface area contributed by atoms with Gasteiger partial charge in [0, 0.05) is 27.5 Å². The second kappa shape index (κ2) is 7.37. The number of aromatic nitrogens is 2. The second-order valence-electron chi connectivity index (χ2n) is 9.38. The van der Waals surface area contributed by atoms with Gasteiger partial charge in [-0.2, -0.15) is 0 Å². The highest BCUT2D eigenvalue weighted by atomic mass is 15.1. The summed E-state index contributed by atoms with van der Waals surface area (Å²) < 4.78 is 4.76. The lowest BCUT2D eigenvalue weighted by atomic mass is 10.1. The van der Waals surface area contributed by atoms with Gasteiger partial charge in [-0.25, -0.2) is 4.85 Å². The Balaban J connectivity index is 1.88. The van der Waals surface area contributed by atoms with Crippen molar-refractivity contribution < 1.29 is 0 Å². The molecule has 164 valence electrons. The van der Waals surface area contributed by atoms with Crippen LogP contribution in [-0.2, 0) is 0 Å². The molecule has 0 saturated carbocycles. The van der Waals surface area contributed by atoms with Crippen LogP contribution in [0.15, 0.2) is 78.9 Å². The molecule has 4 aromatic carbocycles. The Morgan fingerprint density at radius 1 is 0.559 bits per heavy atom. The van der Waals surface area contributed by atoms with Gasteiger partial charge in [-0.15, -0.1) is 0 Å². The fourth-order valence-electron chi connectivity index (χ4n) is 5.31. The quantitative estimate of drug-likeness (QED) is 0.240. The molecule has 6 rings (SSSR count). The number of hydrogen-bond donors (Lipinski definition) is 0. The van der Waals surface area contributed by atoms with Gasteiger partial charge in [0.05, 0.1) is 17.6 Å². The molecule has 0 bridgehead atoms. The standard InChI is InChI=1S/C31H25N3/c1-19-6-12-28-26(17-19)30-27-18-20(2)7-13-29(27)34(25-15-21(3)14-22(4)16-25)31(30)33(28)24-10-8-23(32-5)9-11-24/h6-18H,1-4H3. The average molecular weight is 440 g/mol. The molecule has 0 aliphatic carbocycles. The largest absolute Gasteiger partial charge is 0.295 e. The highest BCUT2D eigenvalue weighted by molar-refractivity contribution is 6.22. The molecule has 3 nitrogen and oxygen atoms in total. The van der Waals surface area contributed by atoms with Gasteiger partial charge in [-0.05, 0) is 87.4 Å². The summed E-state index contributed by atoms with van der Waals surface area (Å²) in [6.45, 7) is 16.0. The predicted molar refractivity (Wildman–Crippen MR) is 143 cm³/mol. The monoisotopic (exact) mass is 439 g/mol. The van der Waals surface area contributed by atoms with E-state index in [1.54, 1.807) is 0 Å². The highest BCUT2D eigenvalue weighted by Gasteiger charge is 2.22. The Kier molecular flexibility index (Phi) is 4.40. The summed E-state index contributed by atoms with van der Waals surface area (Å²) in [6.07, 6.45) is 0. The Labute approximate surface area is 199 Å². The first kappa shape index (κ1) is 20.3. The molecule has 0 atom stereocenters. The van der Waals surface area contributed by atoms with Crippen LogP contribution in [0.4, 0.5) is 5.69 Å². The van der Waals surface area contributed by atoms with Crippen LogP contribution >= 0.6 is 0 Å². The molecule has 2 heterocycles. The van der Waals surface area contributed by atoms with Crippen LogP contribution in [0.25, 0.3) is 49.1 Å². The molecule has 0 aliphatic heterocycles. The topological polar surface area (TPSA) is 14.2 Å². The van der Waals surface area contributed by atoms with Crippen LogP contribution in [0.2, 0.25) is 0 Å². The van der Waals surface area contributed by atoms with E-state index in [4.69, 9.17) is 6.57 Å². The van der Waals surface area contributed by atoms with Gasteiger partial charge in [0.25, 0.3) is 0 Å². The lowest BCUT2D eigenvalue weighted by Crippen LogP contribution is -2.02. The Hall–Kier alpha value is -4.29. The second-order valence-corrected chi connectivity index (χ2v) is 9.38. The Morgan fingerprint density at radius 3 is 1.62 bits per heavy atom. The van der Waals surface area contributed by atoms with Crippen LogP contribution in [0.3, 0.4) is 0 Å². The zero-order valence-corrected chi connectivity index (χ0v) is 19.8. The summed E-state index contributed by atoms with van der Waals surface area (Å²) in [4.78, 5) is 3.59. The molecular formula is C31H25N3. The van der Waals surface area contributed by atoms with Gasteiger partial charge in [0.1, 0.15) is 5.65 Å². The zero-order chi connectivity index (χ0) is 23.6. The van der Waals surface area contributed by atoms with E-state index in [0.717, 1.165) is 11.3 Å². The highest BCUT2D eigenvalue weighted by Crippen LogP contribution is 2.41. The number of aryl methyl sites for hydroxylation is 4. The van der Waals surface area contributed by atoms with Crippen LogP contribution < -0.4 is 0 Å². The number of nitrogens with zero attached hydrogens (tertiary/aromatic N) is 3. The normalized spacial score (nSPS) is 11.5. The summed E-state index contributed by atoms with van der Waals surface area (Å²) in [5, 5.41) is 3.79. The molecule has 0 N–H and O–H groups in total. The zero-order valence-electron chi connectivity index (χ0n) is 19.8. The number of fused-ring (bicyclic) bond motifs is 5. The molecule has 0 radical (unpaired) electrons. The first-order valence-electron chi connectivity index (χ1n) is 11.6. The van der Waals surface area contributed by atoms with Gasteiger partial charge < -0.3 is 0 Å². The van der Waals surface area contributed by atoms with Crippen LogP contribution in [0, 0.1) is 34.3 Å². The fourth-order valence-corrected chi connectivity index (χ4v) is 5.31. The third-order valence-corrected chi connectivity index (χ3v) is 6.67. The van der Waals surface area contributed by atoms with Gasteiger partial charge in [0.2, 0.25) is 0 Å². The summed E-state index contributed by atoms with van der Waals surface area (Å²) in [5.41, 5.74) is 11.4. The minimum Gasteiger partial charge on any atom is -0.295 e. The van der Waals surface area contributed by atoms with Crippen molar-refractivity contribution in [2.45, 2.75) is 27.7 Å². The summed E-state index contributed by atoms with van der Waals surface area (Å²) in [6, 6.07) is 28.1. The summed E-state index contributed by atoms with van der Waals surface area (Å²) in [7, 11) is 0. The third-order valence-electron chi connectivity index (χ3n) is 6.67. The van der Waals surface area contributed by atoms with E-state index in [2.05, 4.69) is 108 Å². The van der Waals surface area contributed by atoms with E-state index in [-0.39, 0.29) is 0 Å². The Bertz CT molecular complexity index is 1770. The molecule has 0 unspecified atom stereocenters. The Morgan fingerprint density at radius 2 is 1.09 bits per heavy atom.